The van der Waals surface area contributed by atoms with Crippen molar-refractivity contribution in [3.63, 3.8) is 0 Å². The average molecular weight is 305 g/mol. The molecule has 8 nitrogen and oxygen atoms in total. The molecular formula is C14H19N5O3. The summed E-state index contributed by atoms with van der Waals surface area (Å²) < 4.78 is 5.32. The van der Waals surface area contributed by atoms with Crippen molar-refractivity contribution in [1.29, 1.82) is 0 Å². The first-order chi connectivity index (χ1) is 10.7. The second-order valence-electron chi connectivity index (χ2n) is 6.17. The number of likely N-dealkylation sites (tertiary alicyclic amines) is 1. The topological polar surface area (TPSA) is 91.6 Å². The van der Waals surface area contributed by atoms with Crippen molar-refractivity contribution in [2.24, 2.45) is 0 Å². The van der Waals surface area contributed by atoms with E-state index in [1.54, 1.807) is 0 Å². The summed E-state index contributed by atoms with van der Waals surface area (Å²) in [5.74, 6) is 1.68. The van der Waals surface area contributed by atoms with E-state index in [1.807, 2.05) is 0 Å². The van der Waals surface area contributed by atoms with Gasteiger partial charge in [-0.15, -0.1) is 0 Å². The van der Waals surface area contributed by atoms with Gasteiger partial charge >= 0.3 is 6.03 Å². The van der Waals surface area contributed by atoms with Crippen LogP contribution < -0.4 is 5.32 Å². The first kappa shape index (κ1) is 13.7. The maximum atomic E-state index is 12.3. The van der Waals surface area contributed by atoms with E-state index in [2.05, 4.69) is 20.4 Å². The average Bonchev–Trinajstić information content (AvgIpc) is 2.91. The van der Waals surface area contributed by atoms with Crippen molar-refractivity contribution in [2.45, 2.75) is 37.6 Å². The summed E-state index contributed by atoms with van der Waals surface area (Å²) in [4.78, 5) is 31.7. The lowest BCUT2D eigenvalue weighted by molar-refractivity contribution is -0.129. The Labute approximate surface area is 127 Å². The molecule has 1 aliphatic carbocycles. The van der Waals surface area contributed by atoms with Crippen molar-refractivity contribution in [3.05, 3.63) is 11.7 Å². The van der Waals surface area contributed by atoms with Crippen molar-refractivity contribution in [1.82, 2.24) is 25.3 Å². The lowest BCUT2D eigenvalue weighted by Crippen LogP contribution is -2.41. The number of amides is 3. The summed E-state index contributed by atoms with van der Waals surface area (Å²) in [5.41, 5.74) is 0. The van der Waals surface area contributed by atoms with E-state index in [0.29, 0.717) is 24.8 Å². The van der Waals surface area contributed by atoms with Crippen molar-refractivity contribution in [2.75, 3.05) is 26.2 Å². The van der Waals surface area contributed by atoms with Crippen LogP contribution >= 0.6 is 0 Å². The Kier molecular flexibility index (Phi) is 3.33. The highest BCUT2D eigenvalue weighted by Crippen LogP contribution is 2.40. The van der Waals surface area contributed by atoms with Gasteiger partial charge in [0.1, 0.15) is 0 Å². The largest absolute Gasteiger partial charge is 0.339 e. The quantitative estimate of drug-likeness (QED) is 0.877. The molecule has 1 saturated carbocycles. The number of aromatic nitrogens is 2. The number of carbonyl (C=O) groups excluding carboxylic acids is 2. The minimum Gasteiger partial charge on any atom is -0.339 e. The van der Waals surface area contributed by atoms with E-state index in [0.717, 1.165) is 38.1 Å². The normalized spacial score (nSPS) is 25.7. The zero-order valence-corrected chi connectivity index (χ0v) is 12.3. The molecule has 3 fully saturated rings. The first-order valence-corrected chi connectivity index (χ1v) is 7.88. The number of imide groups is 1. The molecule has 2 saturated heterocycles. The van der Waals surface area contributed by atoms with Gasteiger partial charge in [-0.2, -0.15) is 4.98 Å². The zero-order valence-electron chi connectivity index (χ0n) is 12.3. The van der Waals surface area contributed by atoms with Crippen LogP contribution in [-0.2, 0) is 4.79 Å². The third kappa shape index (κ3) is 2.47. The molecule has 0 radical (unpaired) electrons. The van der Waals surface area contributed by atoms with E-state index in [-0.39, 0.29) is 24.5 Å². The van der Waals surface area contributed by atoms with Crippen molar-refractivity contribution in [3.8, 4) is 0 Å². The molecule has 4 rings (SSSR count). The third-order valence-corrected chi connectivity index (χ3v) is 4.54. The third-order valence-electron chi connectivity index (χ3n) is 4.54. The van der Waals surface area contributed by atoms with Crippen LogP contribution in [0.25, 0.3) is 0 Å². The Morgan fingerprint density at radius 2 is 2.18 bits per heavy atom. The predicted octanol–water partition coefficient (Wildman–Crippen LogP) is 0.636. The van der Waals surface area contributed by atoms with Gasteiger partial charge < -0.3 is 9.84 Å². The predicted molar refractivity (Wildman–Crippen MR) is 74.9 cm³/mol. The van der Waals surface area contributed by atoms with Gasteiger partial charge in [0.2, 0.25) is 11.8 Å². The maximum Gasteiger partial charge on any atom is 0.324 e. The second-order valence-corrected chi connectivity index (χ2v) is 6.17. The molecule has 1 aromatic rings. The van der Waals surface area contributed by atoms with E-state index >= 15 is 0 Å². The summed E-state index contributed by atoms with van der Waals surface area (Å²) >= 11 is 0. The SMILES string of the molecule is O=C(CN1CCC[C@@H]1c1noc(C2CC2)n1)N1CCNC1=O. The lowest BCUT2D eigenvalue weighted by atomic mass is 10.2. The number of rotatable bonds is 4. The molecule has 0 aromatic carbocycles. The van der Waals surface area contributed by atoms with Crippen LogP contribution in [-0.4, -0.2) is 58.1 Å². The number of hydrogen-bond acceptors (Lipinski definition) is 6. The molecule has 22 heavy (non-hydrogen) atoms. The summed E-state index contributed by atoms with van der Waals surface area (Å²) in [7, 11) is 0. The molecule has 2 aliphatic heterocycles. The summed E-state index contributed by atoms with van der Waals surface area (Å²) in [5, 5.41) is 6.75. The second kappa shape index (κ2) is 5.35. The number of carbonyl (C=O) groups is 2. The molecule has 8 heteroatoms. The van der Waals surface area contributed by atoms with Crippen LogP contribution in [0, 0.1) is 0 Å². The highest BCUT2D eigenvalue weighted by atomic mass is 16.5. The van der Waals surface area contributed by atoms with Crippen molar-refractivity contribution >= 4 is 11.9 Å². The van der Waals surface area contributed by atoms with Gasteiger partial charge in [0.15, 0.2) is 5.82 Å². The molecule has 1 aromatic heterocycles. The highest BCUT2D eigenvalue weighted by molar-refractivity contribution is 5.96. The Balaban J connectivity index is 1.43. The van der Waals surface area contributed by atoms with Crippen LogP contribution in [0.15, 0.2) is 4.52 Å². The molecule has 0 bridgehead atoms. The van der Waals surface area contributed by atoms with Crippen LogP contribution in [0.2, 0.25) is 0 Å². The zero-order chi connectivity index (χ0) is 15.1. The molecule has 3 heterocycles. The lowest BCUT2D eigenvalue weighted by Gasteiger charge is -2.23. The Bertz CT molecular complexity index is 597. The Morgan fingerprint density at radius 3 is 2.91 bits per heavy atom. The fourth-order valence-electron chi connectivity index (χ4n) is 3.16. The van der Waals surface area contributed by atoms with E-state index < -0.39 is 0 Å². The molecule has 1 N–H and O–H groups in total. The van der Waals surface area contributed by atoms with E-state index in [1.165, 1.54) is 4.90 Å². The van der Waals surface area contributed by atoms with Gasteiger partial charge in [-0.1, -0.05) is 5.16 Å². The van der Waals surface area contributed by atoms with Crippen LogP contribution in [0.1, 0.15) is 49.4 Å². The Hall–Kier alpha value is -1.96. The number of hydrogen-bond donors (Lipinski definition) is 1. The van der Waals surface area contributed by atoms with E-state index in [4.69, 9.17) is 4.52 Å². The monoisotopic (exact) mass is 305 g/mol. The van der Waals surface area contributed by atoms with Crippen LogP contribution in [0.4, 0.5) is 4.79 Å². The van der Waals surface area contributed by atoms with Crippen LogP contribution in [0.5, 0.6) is 0 Å². The molecule has 0 unspecified atom stereocenters. The standard InChI is InChI=1S/C14H19N5O3/c20-11(19-7-5-15-14(19)21)8-18-6-1-2-10(18)12-16-13(22-17-12)9-3-4-9/h9-10H,1-8H2,(H,15,21)/t10-/m1/s1. The van der Waals surface area contributed by atoms with Gasteiger partial charge in [-0.05, 0) is 32.2 Å². The molecule has 118 valence electrons. The number of nitrogens with zero attached hydrogens (tertiary/aromatic N) is 4. The highest BCUT2D eigenvalue weighted by Gasteiger charge is 2.36. The molecule has 3 aliphatic rings. The van der Waals surface area contributed by atoms with Gasteiger partial charge in [0.25, 0.3) is 0 Å². The molecule has 0 spiro atoms. The minimum atomic E-state index is -0.295. The Morgan fingerprint density at radius 1 is 1.32 bits per heavy atom. The molecule has 3 amide bonds. The summed E-state index contributed by atoms with van der Waals surface area (Å²) in [6.45, 7) is 2.03. The first-order valence-electron chi connectivity index (χ1n) is 7.88. The van der Waals surface area contributed by atoms with Crippen LogP contribution in [0.3, 0.4) is 0 Å². The fraction of sp³-hybridized carbons (Fsp3) is 0.714. The van der Waals surface area contributed by atoms with Gasteiger partial charge in [0, 0.05) is 19.0 Å². The van der Waals surface area contributed by atoms with Gasteiger partial charge in [-0.3, -0.25) is 14.6 Å². The smallest absolute Gasteiger partial charge is 0.324 e. The summed E-state index contributed by atoms with van der Waals surface area (Å²) in [6, 6.07) is -0.276. The number of urea groups is 1. The van der Waals surface area contributed by atoms with Gasteiger partial charge in [0.05, 0.1) is 12.6 Å². The maximum absolute atomic E-state index is 12.3. The van der Waals surface area contributed by atoms with Gasteiger partial charge in [-0.25, -0.2) is 4.79 Å². The van der Waals surface area contributed by atoms with Crippen molar-refractivity contribution < 1.29 is 14.1 Å². The molecule has 1 atom stereocenters. The minimum absolute atomic E-state index is 0.0193. The number of nitrogens with one attached hydrogen (secondary N) is 1. The summed E-state index contributed by atoms with van der Waals surface area (Å²) in [6.07, 6.45) is 4.16. The molecular weight excluding hydrogens is 286 g/mol. The fourth-order valence-corrected chi connectivity index (χ4v) is 3.16. The van der Waals surface area contributed by atoms with E-state index in [9.17, 15) is 9.59 Å².